The molecule has 0 saturated carbocycles. The molecule has 0 fully saturated rings. The zero-order valence-corrected chi connectivity index (χ0v) is 13.8. The minimum Gasteiger partial charge on any atom is -0.350 e. The number of benzene rings is 1. The Morgan fingerprint density at radius 2 is 1.92 bits per heavy atom. The molecule has 1 amide bonds. The molecule has 0 aliphatic heterocycles. The molecule has 126 valence electrons. The number of carbonyl (C=O) groups is 1. The van der Waals surface area contributed by atoms with Gasteiger partial charge in [-0.25, -0.2) is 4.79 Å². The number of rotatable bonds is 6. The maximum Gasteiger partial charge on any atom is 0.329 e. The predicted molar refractivity (Wildman–Crippen MR) is 91.7 cm³/mol. The third kappa shape index (κ3) is 3.10. The lowest BCUT2D eigenvalue weighted by Crippen LogP contribution is -2.39. The summed E-state index contributed by atoms with van der Waals surface area (Å²) >= 11 is 0. The summed E-state index contributed by atoms with van der Waals surface area (Å²) in [6.45, 7) is 5.01. The summed E-state index contributed by atoms with van der Waals surface area (Å²) in [6, 6.07) is 9.29. The lowest BCUT2D eigenvalue weighted by Gasteiger charge is -2.14. The smallest absolute Gasteiger partial charge is 0.329 e. The molecule has 0 unspecified atom stereocenters. The van der Waals surface area contributed by atoms with Crippen LogP contribution in [0.4, 0.5) is 0 Å². The van der Waals surface area contributed by atoms with E-state index in [-0.39, 0.29) is 24.2 Å². The molecule has 7 nitrogen and oxygen atoms in total. The molecule has 3 aromatic rings. The molecule has 1 atom stereocenters. The van der Waals surface area contributed by atoms with Gasteiger partial charge in [0.1, 0.15) is 6.54 Å². The van der Waals surface area contributed by atoms with Crippen molar-refractivity contribution in [3.05, 3.63) is 53.2 Å². The fourth-order valence-electron chi connectivity index (χ4n) is 2.93. The van der Waals surface area contributed by atoms with Gasteiger partial charge in [0.25, 0.3) is 0 Å². The second kappa shape index (κ2) is 6.74. The third-order valence-electron chi connectivity index (χ3n) is 3.97. The van der Waals surface area contributed by atoms with E-state index in [0.29, 0.717) is 13.1 Å². The van der Waals surface area contributed by atoms with Crippen LogP contribution in [0.5, 0.6) is 0 Å². The first-order valence-electron chi connectivity index (χ1n) is 8.05. The Morgan fingerprint density at radius 3 is 2.54 bits per heavy atom. The van der Waals surface area contributed by atoms with Gasteiger partial charge >= 0.3 is 5.69 Å². The van der Waals surface area contributed by atoms with Crippen molar-refractivity contribution in [3.63, 3.8) is 0 Å². The number of hydrogen-bond donors (Lipinski definition) is 1. The van der Waals surface area contributed by atoms with Gasteiger partial charge in [0, 0.05) is 25.0 Å². The molecule has 1 aromatic carbocycles. The molecule has 0 aliphatic rings. The van der Waals surface area contributed by atoms with Gasteiger partial charge < -0.3 is 5.32 Å². The summed E-state index contributed by atoms with van der Waals surface area (Å²) in [7, 11) is 0. The van der Waals surface area contributed by atoms with Gasteiger partial charge in [-0.3, -0.25) is 18.6 Å². The largest absolute Gasteiger partial charge is 0.350 e. The molecule has 2 heterocycles. The maximum atomic E-state index is 12.5. The molecule has 0 saturated heterocycles. The average Bonchev–Trinajstić information content (AvgIpc) is 3.14. The number of aromatic nitrogens is 4. The minimum atomic E-state index is -0.184. The molecule has 0 bridgehead atoms. The number of fused-ring (bicyclic) bond motifs is 1. The van der Waals surface area contributed by atoms with Crippen LogP contribution in [-0.2, 0) is 24.4 Å². The van der Waals surface area contributed by atoms with Gasteiger partial charge in [-0.2, -0.15) is 5.10 Å². The van der Waals surface area contributed by atoms with Crippen LogP contribution >= 0.6 is 0 Å². The standard InChI is InChI=1S/C17H21N5O2/c1-3-21-14-7-4-5-8-15(14)22(17(21)24)12-16(23)19-13(2)11-20-10-6-9-18-20/h4-10,13H,3,11-12H2,1-2H3,(H,19,23)/t13-/m1/s1. The van der Waals surface area contributed by atoms with Crippen molar-refractivity contribution >= 4 is 16.9 Å². The van der Waals surface area contributed by atoms with Crippen LogP contribution in [0.1, 0.15) is 13.8 Å². The highest BCUT2D eigenvalue weighted by Crippen LogP contribution is 2.12. The van der Waals surface area contributed by atoms with Crippen molar-refractivity contribution in [2.45, 2.75) is 39.5 Å². The predicted octanol–water partition coefficient (Wildman–Crippen LogP) is 1.22. The molecule has 7 heteroatoms. The number of carbonyl (C=O) groups excluding carboxylic acids is 1. The van der Waals surface area contributed by atoms with Crippen molar-refractivity contribution in [3.8, 4) is 0 Å². The minimum absolute atomic E-state index is 0.00972. The van der Waals surface area contributed by atoms with Gasteiger partial charge in [0.15, 0.2) is 0 Å². The fourth-order valence-corrected chi connectivity index (χ4v) is 2.93. The Balaban J connectivity index is 1.76. The van der Waals surface area contributed by atoms with Crippen LogP contribution in [0.15, 0.2) is 47.5 Å². The van der Waals surface area contributed by atoms with Crippen LogP contribution < -0.4 is 11.0 Å². The topological polar surface area (TPSA) is 73.8 Å². The van der Waals surface area contributed by atoms with Gasteiger partial charge in [-0.15, -0.1) is 0 Å². The Morgan fingerprint density at radius 1 is 1.21 bits per heavy atom. The van der Waals surface area contributed by atoms with Gasteiger partial charge in [-0.1, -0.05) is 12.1 Å². The molecule has 3 rings (SSSR count). The van der Waals surface area contributed by atoms with Gasteiger partial charge in [-0.05, 0) is 32.0 Å². The molecule has 24 heavy (non-hydrogen) atoms. The Hall–Kier alpha value is -2.83. The van der Waals surface area contributed by atoms with Crippen LogP contribution in [0, 0.1) is 0 Å². The number of amides is 1. The summed E-state index contributed by atoms with van der Waals surface area (Å²) in [4.78, 5) is 24.9. The summed E-state index contributed by atoms with van der Waals surface area (Å²) < 4.78 is 4.96. The van der Waals surface area contributed by atoms with Gasteiger partial charge in [0.05, 0.1) is 17.6 Å². The van der Waals surface area contributed by atoms with E-state index < -0.39 is 0 Å². The number of nitrogens with one attached hydrogen (secondary N) is 1. The highest BCUT2D eigenvalue weighted by molar-refractivity contribution is 5.81. The Kier molecular flexibility index (Phi) is 4.50. The zero-order valence-electron chi connectivity index (χ0n) is 13.8. The lowest BCUT2D eigenvalue weighted by molar-refractivity contribution is -0.122. The highest BCUT2D eigenvalue weighted by Gasteiger charge is 2.15. The van der Waals surface area contributed by atoms with Crippen LogP contribution in [-0.4, -0.2) is 30.9 Å². The first-order valence-corrected chi connectivity index (χ1v) is 8.05. The normalized spacial score (nSPS) is 12.4. The number of nitrogens with zero attached hydrogens (tertiary/aromatic N) is 4. The number of aryl methyl sites for hydroxylation is 1. The van der Waals surface area contributed by atoms with E-state index in [1.165, 1.54) is 4.57 Å². The van der Waals surface area contributed by atoms with Crippen molar-refractivity contribution < 1.29 is 4.79 Å². The van der Waals surface area contributed by atoms with E-state index >= 15 is 0 Å². The average molecular weight is 327 g/mol. The molecule has 0 spiro atoms. The first-order chi connectivity index (χ1) is 11.6. The van der Waals surface area contributed by atoms with Crippen molar-refractivity contribution in [2.24, 2.45) is 0 Å². The van der Waals surface area contributed by atoms with E-state index in [4.69, 9.17) is 0 Å². The second-order valence-electron chi connectivity index (χ2n) is 5.80. The molecule has 0 aliphatic carbocycles. The van der Waals surface area contributed by atoms with Gasteiger partial charge in [0.2, 0.25) is 5.91 Å². The van der Waals surface area contributed by atoms with E-state index in [1.807, 2.05) is 50.4 Å². The van der Waals surface area contributed by atoms with Crippen molar-refractivity contribution in [2.75, 3.05) is 0 Å². The highest BCUT2D eigenvalue weighted by atomic mass is 16.2. The quantitative estimate of drug-likeness (QED) is 0.740. The molecular formula is C17H21N5O2. The first kappa shape index (κ1) is 16.0. The molecule has 0 radical (unpaired) electrons. The summed E-state index contributed by atoms with van der Waals surface area (Å²) in [6.07, 6.45) is 3.55. The maximum absolute atomic E-state index is 12.5. The van der Waals surface area contributed by atoms with E-state index in [9.17, 15) is 9.59 Å². The van der Waals surface area contributed by atoms with Crippen LogP contribution in [0.25, 0.3) is 11.0 Å². The monoisotopic (exact) mass is 327 g/mol. The number of para-hydroxylation sites is 2. The van der Waals surface area contributed by atoms with Crippen LogP contribution in [0.2, 0.25) is 0 Å². The third-order valence-corrected chi connectivity index (χ3v) is 3.97. The van der Waals surface area contributed by atoms with E-state index in [1.54, 1.807) is 15.4 Å². The Labute approximate surface area is 139 Å². The van der Waals surface area contributed by atoms with Crippen molar-refractivity contribution in [1.29, 1.82) is 0 Å². The van der Waals surface area contributed by atoms with E-state index in [0.717, 1.165) is 11.0 Å². The van der Waals surface area contributed by atoms with Crippen molar-refractivity contribution in [1.82, 2.24) is 24.2 Å². The SMILES string of the molecule is CCn1c(=O)n(CC(=O)N[C@H](C)Cn2cccn2)c2ccccc21. The molecule has 2 aromatic heterocycles. The summed E-state index contributed by atoms with van der Waals surface area (Å²) in [5, 5.41) is 7.04. The van der Waals surface area contributed by atoms with Crippen LogP contribution in [0.3, 0.4) is 0 Å². The molecular weight excluding hydrogens is 306 g/mol. The fraction of sp³-hybridized carbons (Fsp3) is 0.353. The molecule has 1 N–H and O–H groups in total. The number of hydrogen-bond acceptors (Lipinski definition) is 3. The second-order valence-corrected chi connectivity index (χ2v) is 5.80. The summed E-state index contributed by atoms with van der Waals surface area (Å²) in [5.74, 6) is -0.184. The summed E-state index contributed by atoms with van der Waals surface area (Å²) in [5.41, 5.74) is 1.47. The lowest BCUT2D eigenvalue weighted by atomic mass is 10.3. The Bertz CT molecular complexity index is 891. The van der Waals surface area contributed by atoms with E-state index in [2.05, 4.69) is 10.4 Å². The number of imidazole rings is 1. The zero-order chi connectivity index (χ0) is 17.1.